The van der Waals surface area contributed by atoms with Crippen LogP contribution in [0, 0.1) is 6.92 Å². The number of furan rings is 1. The highest BCUT2D eigenvalue weighted by Crippen LogP contribution is 2.32. The Morgan fingerprint density at radius 1 is 1.12 bits per heavy atom. The minimum atomic E-state index is -0.545. The van der Waals surface area contributed by atoms with Crippen molar-refractivity contribution in [2.75, 3.05) is 6.54 Å². The van der Waals surface area contributed by atoms with Crippen LogP contribution in [-0.2, 0) is 4.79 Å². The van der Waals surface area contributed by atoms with Crippen LogP contribution < -0.4 is 5.73 Å². The number of hydrogen-bond acceptors (Lipinski definition) is 3. The van der Waals surface area contributed by atoms with Gasteiger partial charge in [-0.05, 0) is 26.2 Å². The van der Waals surface area contributed by atoms with E-state index in [4.69, 9.17) is 10.2 Å². The van der Waals surface area contributed by atoms with Gasteiger partial charge in [-0.15, -0.1) is 0 Å². The second-order valence-corrected chi connectivity index (χ2v) is 6.21. The number of benzene rings is 2. The SMILES string of the molecule is Cc1c(C(=O)N(CC(N)=O)C(C)C)oc2c1ccc1ccccc12. The summed E-state index contributed by atoms with van der Waals surface area (Å²) < 4.78 is 5.94. The minimum Gasteiger partial charge on any atom is -0.450 e. The van der Waals surface area contributed by atoms with E-state index in [1.807, 2.05) is 57.2 Å². The fourth-order valence-electron chi connectivity index (χ4n) is 2.94. The normalized spacial score (nSPS) is 11.3. The standard InChI is InChI=1S/C19H20N2O3/c1-11(2)21(10-16(20)22)19(23)17-12(3)14-9-8-13-6-4-5-7-15(13)18(14)24-17/h4-9,11H,10H2,1-3H3,(H2,20,22). The van der Waals surface area contributed by atoms with E-state index in [1.54, 1.807) is 0 Å². The second kappa shape index (κ2) is 6.00. The van der Waals surface area contributed by atoms with Crippen LogP contribution in [0.2, 0.25) is 0 Å². The molecule has 1 aromatic heterocycles. The zero-order valence-electron chi connectivity index (χ0n) is 14.0. The number of primary amides is 1. The van der Waals surface area contributed by atoms with Gasteiger partial charge in [-0.3, -0.25) is 9.59 Å². The fraction of sp³-hybridized carbons (Fsp3) is 0.263. The molecule has 124 valence electrons. The summed E-state index contributed by atoms with van der Waals surface area (Å²) in [5.41, 5.74) is 6.74. The number of hydrogen-bond donors (Lipinski definition) is 1. The maximum absolute atomic E-state index is 12.9. The van der Waals surface area contributed by atoms with Gasteiger partial charge in [-0.2, -0.15) is 0 Å². The summed E-state index contributed by atoms with van der Waals surface area (Å²) in [4.78, 5) is 25.6. The summed E-state index contributed by atoms with van der Waals surface area (Å²) in [6.45, 7) is 5.41. The van der Waals surface area contributed by atoms with Gasteiger partial charge >= 0.3 is 0 Å². The van der Waals surface area contributed by atoms with Gasteiger partial charge in [0.15, 0.2) is 5.76 Å². The van der Waals surface area contributed by atoms with Gasteiger partial charge < -0.3 is 15.1 Å². The highest BCUT2D eigenvalue weighted by atomic mass is 16.3. The van der Waals surface area contributed by atoms with Crippen LogP contribution in [0.1, 0.15) is 30.0 Å². The average Bonchev–Trinajstić information content (AvgIpc) is 2.89. The molecule has 0 saturated carbocycles. The molecule has 1 heterocycles. The second-order valence-electron chi connectivity index (χ2n) is 6.21. The van der Waals surface area contributed by atoms with Crippen molar-refractivity contribution in [2.45, 2.75) is 26.8 Å². The van der Waals surface area contributed by atoms with Crippen LogP contribution in [0.4, 0.5) is 0 Å². The summed E-state index contributed by atoms with van der Waals surface area (Å²) in [6.07, 6.45) is 0. The Hall–Kier alpha value is -2.82. The van der Waals surface area contributed by atoms with E-state index in [2.05, 4.69) is 0 Å². The summed E-state index contributed by atoms with van der Waals surface area (Å²) >= 11 is 0. The molecule has 2 N–H and O–H groups in total. The number of fused-ring (bicyclic) bond motifs is 3. The first-order chi connectivity index (χ1) is 11.4. The molecular formula is C19H20N2O3. The molecule has 0 unspecified atom stereocenters. The average molecular weight is 324 g/mol. The number of amides is 2. The van der Waals surface area contributed by atoms with Crippen LogP contribution >= 0.6 is 0 Å². The third-order valence-electron chi connectivity index (χ3n) is 4.23. The largest absolute Gasteiger partial charge is 0.450 e. The van der Waals surface area contributed by atoms with E-state index < -0.39 is 5.91 Å². The quantitative estimate of drug-likeness (QED) is 0.800. The molecule has 24 heavy (non-hydrogen) atoms. The fourth-order valence-corrected chi connectivity index (χ4v) is 2.94. The number of nitrogens with zero attached hydrogens (tertiary/aromatic N) is 1. The monoisotopic (exact) mass is 324 g/mol. The lowest BCUT2D eigenvalue weighted by atomic mass is 10.1. The molecule has 5 nitrogen and oxygen atoms in total. The van der Waals surface area contributed by atoms with Crippen molar-refractivity contribution in [3.05, 3.63) is 47.7 Å². The van der Waals surface area contributed by atoms with Crippen LogP contribution in [-0.4, -0.2) is 29.3 Å². The summed E-state index contributed by atoms with van der Waals surface area (Å²) in [6, 6.07) is 11.7. The lowest BCUT2D eigenvalue weighted by Crippen LogP contribution is -2.42. The van der Waals surface area contributed by atoms with Crippen molar-refractivity contribution in [3.8, 4) is 0 Å². The third kappa shape index (κ3) is 2.62. The molecular weight excluding hydrogens is 304 g/mol. The molecule has 0 fully saturated rings. The third-order valence-corrected chi connectivity index (χ3v) is 4.23. The Balaban J connectivity index is 2.15. The van der Waals surface area contributed by atoms with Gasteiger partial charge in [0.2, 0.25) is 5.91 Å². The van der Waals surface area contributed by atoms with Gasteiger partial charge in [0.25, 0.3) is 5.91 Å². The number of carbonyl (C=O) groups excluding carboxylic acids is 2. The van der Waals surface area contributed by atoms with E-state index in [9.17, 15) is 9.59 Å². The molecule has 0 bridgehead atoms. The Morgan fingerprint density at radius 3 is 2.50 bits per heavy atom. The number of carbonyl (C=O) groups is 2. The van der Waals surface area contributed by atoms with Crippen LogP contribution in [0.15, 0.2) is 40.8 Å². The van der Waals surface area contributed by atoms with Crippen molar-refractivity contribution in [1.29, 1.82) is 0 Å². The van der Waals surface area contributed by atoms with E-state index in [0.29, 0.717) is 5.58 Å². The first-order valence-electron chi connectivity index (χ1n) is 7.90. The van der Waals surface area contributed by atoms with Crippen LogP contribution in [0.3, 0.4) is 0 Å². The van der Waals surface area contributed by atoms with Crippen LogP contribution in [0.5, 0.6) is 0 Å². The van der Waals surface area contributed by atoms with Crippen molar-refractivity contribution < 1.29 is 14.0 Å². The van der Waals surface area contributed by atoms with Gasteiger partial charge in [-0.25, -0.2) is 0 Å². The zero-order valence-corrected chi connectivity index (χ0v) is 14.0. The topological polar surface area (TPSA) is 76.5 Å². The summed E-state index contributed by atoms with van der Waals surface area (Å²) in [7, 11) is 0. The Labute approximate surface area is 140 Å². The first kappa shape index (κ1) is 16.1. The maximum Gasteiger partial charge on any atom is 0.290 e. The molecule has 0 aliphatic carbocycles. The summed E-state index contributed by atoms with van der Waals surface area (Å²) in [5, 5.41) is 2.92. The Kier molecular flexibility index (Phi) is 4.01. The minimum absolute atomic E-state index is 0.131. The highest BCUT2D eigenvalue weighted by Gasteiger charge is 2.26. The van der Waals surface area contributed by atoms with Crippen molar-refractivity contribution >= 4 is 33.6 Å². The lowest BCUT2D eigenvalue weighted by molar-refractivity contribution is -0.119. The molecule has 0 saturated heterocycles. The number of nitrogens with two attached hydrogens (primary N) is 1. The smallest absolute Gasteiger partial charge is 0.290 e. The zero-order chi connectivity index (χ0) is 17.4. The predicted octanol–water partition coefficient (Wildman–Crippen LogP) is 3.23. The first-order valence-corrected chi connectivity index (χ1v) is 7.90. The van der Waals surface area contributed by atoms with E-state index >= 15 is 0 Å². The van der Waals surface area contributed by atoms with Gasteiger partial charge in [-0.1, -0.05) is 36.4 Å². The van der Waals surface area contributed by atoms with E-state index in [-0.39, 0.29) is 24.3 Å². The van der Waals surface area contributed by atoms with Gasteiger partial charge in [0, 0.05) is 22.4 Å². The van der Waals surface area contributed by atoms with Gasteiger partial charge in [0.1, 0.15) is 5.58 Å². The van der Waals surface area contributed by atoms with Crippen molar-refractivity contribution in [1.82, 2.24) is 4.90 Å². The molecule has 3 rings (SSSR count). The molecule has 2 aromatic carbocycles. The van der Waals surface area contributed by atoms with Gasteiger partial charge in [0.05, 0.1) is 6.54 Å². The highest BCUT2D eigenvalue weighted by molar-refractivity contribution is 6.09. The molecule has 5 heteroatoms. The maximum atomic E-state index is 12.9. The molecule has 0 aliphatic rings. The summed E-state index contributed by atoms with van der Waals surface area (Å²) in [5.74, 6) is -0.603. The Morgan fingerprint density at radius 2 is 1.83 bits per heavy atom. The molecule has 0 radical (unpaired) electrons. The van der Waals surface area contributed by atoms with Crippen LogP contribution in [0.25, 0.3) is 21.7 Å². The van der Waals surface area contributed by atoms with Crippen molar-refractivity contribution in [2.24, 2.45) is 5.73 Å². The Bertz CT molecular complexity index is 940. The molecule has 0 atom stereocenters. The number of aryl methyl sites for hydroxylation is 1. The lowest BCUT2D eigenvalue weighted by Gasteiger charge is -2.24. The number of rotatable bonds is 4. The van der Waals surface area contributed by atoms with E-state index in [0.717, 1.165) is 21.7 Å². The molecule has 2 amide bonds. The van der Waals surface area contributed by atoms with E-state index in [1.165, 1.54) is 4.90 Å². The predicted molar refractivity (Wildman–Crippen MR) is 93.8 cm³/mol. The van der Waals surface area contributed by atoms with Crippen molar-refractivity contribution in [3.63, 3.8) is 0 Å². The molecule has 0 spiro atoms. The molecule has 0 aliphatic heterocycles. The molecule has 3 aromatic rings.